The first-order valence-corrected chi connectivity index (χ1v) is 5.49. The molecule has 1 unspecified atom stereocenters. The van der Waals surface area contributed by atoms with Gasteiger partial charge in [0, 0.05) is 6.04 Å². The van der Waals surface area contributed by atoms with Gasteiger partial charge < -0.3 is 11.5 Å². The molecule has 0 saturated carbocycles. The van der Waals surface area contributed by atoms with E-state index < -0.39 is 9.15 Å². The summed E-state index contributed by atoms with van der Waals surface area (Å²) in [5.74, 6) is 0. The molecular weight excluding hydrogens is 188 g/mol. The first kappa shape index (κ1) is 11.2. The molecule has 0 aromatic rings. The average Bonchev–Trinajstić information content (AvgIpc) is 1.83. The van der Waals surface area contributed by atoms with Crippen molar-refractivity contribution < 1.29 is 12.6 Å². The number of hydrogen-bond donors (Lipinski definition) is 3. The van der Waals surface area contributed by atoms with E-state index in [1.165, 1.54) is 0 Å². The number of nitrogens with two attached hydrogens (primary N) is 2. The Kier molecular flexibility index (Phi) is 5.02. The lowest BCUT2D eigenvalue weighted by molar-refractivity contribution is 0.296. The van der Waals surface area contributed by atoms with Crippen molar-refractivity contribution >= 4 is 20.8 Å². The first-order chi connectivity index (χ1) is 4.95. The minimum Gasteiger partial charge on any atom is -0.330 e. The molecule has 0 fully saturated rings. The van der Waals surface area contributed by atoms with Crippen LogP contribution < -0.4 is 11.5 Å². The van der Waals surface area contributed by atoms with Crippen molar-refractivity contribution in [2.75, 3.05) is 13.2 Å². The van der Waals surface area contributed by atoms with E-state index in [-0.39, 0.29) is 12.6 Å². The molecule has 0 aromatic carbocycles. The summed E-state index contributed by atoms with van der Waals surface area (Å²) >= 11 is 3.16. The molecule has 5 nitrogen and oxygen atoms in total. The molecule has 0 saturated heterocycles. The maximum Gasteiger partial charge on any atom is 0.319 e. The Labute approximate surface area is 71.0 Å². The Morgan fingerprint density at radius 1 is 1.55 bits per heavy atom. The van der Waals surface area contributed by atoms with Crippen LogP contribution >= 0.6 is 11.7 Å². The molecule has 11 heavy (non-hydrogen) atoms. The molecule has 1 atom stereocenters. The molecular formula is C4H12N2O3S2. The zero-order chi connectivity index (χ0) is 8.91. The summed E-state index contributed by atoms with van der Waals surface area (Å²) in [7, 11) is -3.66. The maximum absolute atomic E-state index is 10.3. The Hall–Kier alpha value is 0.180. The van der Waals surface area contributed by atoms with Crippen LogP contribution in [0.25, 0.3) is 0 Å². The average molecular weight is 200 g/mol. The predicted octanol–water partition coefficient (Wildman–Crippen LogP) is -1.15. The standard InChI is InChI=1S/C4H12N2O3S2/c5-2-1-4(6)3-9-11(7,8)10/h4H,1-3,5-6H2,(H,7,8,10). The van der Waals surface area contributed by atoms with Gasteiger partial charge >= 0.3 is 9.15 Å². The molecule has 68 valence electrons. The topological polar surface area (TPSA) is 95.4 Å². The zero-order valence-electron chi connectivity index (χ0n) is 5.93. The SMILES string of the molecule is NCCC(N)COS(=O)(=O)S. The second-order valence-corrected chi connectivity index (χ2v) is 4.48. The van der Waals surface area contributed by atoms with E-state index in [4.69, 9.17) is 11.5 Å². The Morgan fingerprint density at radius 2 is 2.09 bits per heavy atom. The van der Waals surface area contributed by atoms with Gasteiger partial charge in [-0.05, 0) is 24.6 Å². The monoisotopic (exact) mass is 200 g/mol. The molecule has 7 heteroatoms. The number of thiol groups is 1. The lowest BCUT2D eigenvalue weighted by atomic mass is 10.2. The van der Waals surface area contributed by atoms with Gasteiger partial charge in [0.25, 0.3) is 0 Å². The third kappa shape index (κ3) is 8.08. The molecule has 0 aliphatic rings. The fourth-order valence-electron chi connectivity index (χ4n) is 0.471. The lowest BCUT2D eigenvalue weighted by Crippen LogP contribution is -2.29. The van der Waals surface area contributed by atoms with Gasteiger partial charge in [-0.2, -0.15) is 8.42 Å². The van der Waals surface area contributed by atoms with E-state index in [0.29, 0.717) is 13.0 Å². The molecule has 0 aromatic heterocycles. The van der Waals surface area contributed by atoms with Crippen LogP contribution in [0.2, 0.25) is 0 Å². The second-order valence-electron chi connectivity index (χ2n) is 2.05. The molecule has 0 rings (SSSR count). The number of rotatable bonds is 5. The molecule has 0 radical (unpaired) electrons. The van der Waals surface area contributed by atoms with Gasteiger partial charge in [-0.15, -0.1) is 0 Å². The Balaban J connectivity index is 3.54. The van der Waals surface area contributed by atoms with Gasteiger partial charge in [-0.3, -0.25) is 4.18 Å². The van der Waals surface area contributed by atoms with Crippen LogP contribution in [0.5, 0.6) is 0 Å². The van der Waals surface area contributed by atoms with E-state index >= 15 is 0 Å². The highest BCUT2D eigenvalue weighted by atomic mass is 33.1. The second kappa shape index (κ2) is 4.94. The molecule has 0 bridgehead atoms. The van der Waals surface area contributed by atoms with Gasteiger partial charge in [0.1, 0.15) is 0 Å². The van der Waals surface area contributed by atoms with Gasteiger partial charge in [-0.25, -0.2) is 0 Å². The molecule has 4 N–H and O–H groups in total. The third-order valence-corrected chi connectivity index (χ3v) is 1.72. The zero-order valence-corrected chi connectivity index (χ0v) is 7.64. The summed E-state index contributed by atoms with van der Waals surface area (Å²) < 4.78 is 24.9. The Bertz CT molecular complexity index is 192. The minimum atomic E-state index is -3.66. The summed E-state index contributed by atoms with van der Waals surface area (Å²) in [6, 6.07) is -0.345. The van der Waals surface area contributed by atoms with Crippen molar-refractivity contribution in [3.05, 3.63) is 0 Å². The van der Waals surface area contributed by atoms with Gasteiger partial charge in [-0.1, -0.05) is 0 Å². The summed E-state index contributed by atoms with van der Waals surface area (Å²) in [5.41, 5.74) is 10.6. The van der Waals surface area contributed by atoms with Crippen LogP contribution in [0.4, 0.5) is 0 Å². The molecule has 0 aliphatic heterocycles. The van der Waals surface area contributed by atoms with E-state index in [0.717, 1.165) is 0 Å². The summed E-state index contributed by atoms with van der Waals surface area (Å²) in [4.78, 5) is 0. The van der Waals surface area contributed by atoms with Crippen LogP contribution in [0.15, 0.2) is 0 Å². The lowest BCUT2D eigenvalue weighted by Gasteiger charge is -2.07. The van der Waals surface area contributed by atoms with Crippen molar-refractivity contribution in [1.82, 2.24) is 0 Å². The van der Waals surface area contributed by atoms with Crippen LogP contribution in [0, 0.1) is 0 Å². The van der Waals surface area contributed by atoms with E-state index in [9.17, 15) is 8.42 Å². The highest BCUT2D eigenvalue weighted by Crippen LogP contribution is 1.98. The van der Waals surface area contributed by atoms with Crippen molar-refractivity contribution in [3.63, 3.8) is 0 Å². The van der Waals surface area contributed by atoms with Gasteiger partial charge in [0.15, 0.2) is 0 Å². The van der Waals surface area contributed by atoms with Crippen LogP contribution in [-0.4, -0.2) is 27.6 Å². The quantitative estimate of drug-likeness (QED) is 0.385. The molecule has 0 amide bonds. The van der Waals surface area contributed by atoms with Crippen molar-refractivity contribution in [2.24, 2.45) is 11.5 Å². The predicted molar refractivity (Wildman–Crippen MR) is 45.5 cm³/mol. The fourth-order valence-corrected chi connectivity index (χ4v) is 1.00. The largest absolute Gasteiger partial charge is 0.330 e. The van der Waals surface area contributed by atoms with Gasteiger partial charge in [0.05, 0.1) is 6.61 Å². The van der Waals surface area contributed by atoms with Gasteiger partial charge in [0.2, 0.25) is 0 Å². The summed E-state index contributed by atoms with van der Waals surface area (Å²) in [5, 5.41) is 0. The van der Waals surface area contributed by atoms with Crippen LogP contribution in [0.3, 0.4) is 0 Å². The van der Waals surface area contributed by atoms with E-state index in [1.807, 2.05) is 0 Å². The minimum absolute atomic E-state index is 0.0664. The molecule has 0 spiro atoms. The van der Waals surface area contributed by atoms with Crippen molar-refractivity contribution in [2.45, 2.75) is 12.5 Å². The smallest absolute Gasteiger partial charge is 0.319 e. The third-order valence-electron chi connectivity index (χ3n) is 0.969. The van der Waals surface area contributed by atoms with Crippen molar-refractivity contribution in [1.29, 1.82) is 0 Å². The normalized spacial score (nSPS) is 14.8. The highest BCUT2D eigenvalue weighted by molar-refractivity contribution is 8.61. The summed E-state index contributed by atoms with van der Waals surface area (Å²) in [6.45, 7) is 0.347. The van der Waals surface area contributed by atoms with Crippen LogP contribution in [0.1, 0.15) is 6.42 Å². The number of hydrogen-bond acceptors (Lipinski definition) is 5. The van der Waals surface area contributed by atoms with E-state index in [2.05, 4.69) is 15.8 Å². The summed E-state index contributed by atoms with van der Waals surface area (Å²) in [6.07, 6.45) is 0.531. The maximum atomic E-state index is 10.3. The van der Waals surface area contributed by atoms with E-state index in [1.54, 1.807) is 0 Å². The highest BCUT2D eigenvalue weighted by Gasteiger charge is 2.07. The fraction of sp³-hybridized carbons (Fsp3) is 1.00. The molecule has 0 aliphatic carbocycles. The van der Waals surface area contributed by atoms with Crippen molar-refractivity contribution in [3.8, 4) is 0 Å². The Morgan fingerprint density at radius 3 is 2.45 bits per heavy atom. The molecule has 0 heterocycles. The first-order valence-electron chi connectivity index (χ1n) is 3.03. The van der Waals surface area contributed by atoms with Crippen LogP contribution in [-0.2, 0) is 13.3 Å².